The molecular formula is C14H17ClN2O2. The monoisotopic (exact) mass is 280 g/mol. The maximum atomic E-state index is 12.4. The molecule has 4 nitrogen and oxygen atoms in total. The van der Waals surface area contributed by atoms with Crippen LogP contribution < -0.4 is 5.73 Å². The Morgan fingerprint density at radius 1 is 1.42 bits per heavy atom. The molecular weight excluding hydrogens is 264 g/mol. The molecule has 1 aliphatic rings. The number of hydrogen-bond acceptors (Lipinski definition) is 3. The number of nitrogens with zero attached hydrogens (tertiary/aromatic N) is 1. The summed E-state index contributed by atoms with van der Waals surface area (Å²) in [6, 6.07) is 7.81. The van der Waals surface area contributed by atoms with Crippen LogP contribution in [0, 0.1) is 6.92 Å². The molecule has 5 heteroatoms. The van der Waals surface area contributed by atoms with Gasteiger partial charge in [0, 0.05) is 30.1 Å². The van der Waals surface area contributed by atoms with Gasteiger partial charge in [-0.25, -0.2) is 0 Å². The van der Waals surface area contributed by atoms with Crippen molar-refractivity contribution in [3.8, 4) is 0 Å². The first-order valence-corrected chi connectivity index (χ1v) is 6.20. The Morgan fingerprint density at radius 3 is 2.79 bits per heavy atom. The number of aryl methyl sites for hydroxylation is 1. The summed E-state index contributed by atoms with van der Waals surface area (Å²) in [4.78, 5) is 14.1. The topological polar surface area (TPSA) is 59.5 Å². The molecule has 19 heavy (non-hydrogen) atoms. The molecule has 1 aliphatic heterocycles. The van der Waals surface area contributed by atoms with Crippen molar-refractivity contribution in [3.05, 3.63) is 35.6 Å². The number of hydrogen-bond donors (Lipinski definition) is 1. The molecule has 0 spiro atoms. The highest BCUT2D eigenvalue weighted by Gasteiger charge is 2.28. The summed E-state index contributed by atoms with van der Waals surface area (Å²) in [6.45, 7) is 3.26. The van der Waals surface area contributed by atoms with E-state index < -0.39 is 0 Å². The Hall–Kier alpha value is -1.52. The maximum absolute atomic E-state index is 12.4. The van der Waals surface area contributed by atoms with Gasteiger partial charge in [0.1, 0.15) is 5.58 Å². The number of benzene rings is 1. The van der Waals surface area contributed by atoms with Crippen molar-refractivity contribution < 1.29 is 9.21 Å². The van der Waals surface area contributed by atoms with E-state index in [0.717, 1.165) is 29.5 Å². The third kappa shape index (κ3) is 2.33. The summed E-state index contributed by atoms with van der Waals surface area (Å²) in [7, 11) is 0. The first-order chi connectivity index (χ1) is 8.66. The van der Waals surface area contributed by atoms with Crippen molar-refractivity contribution in [2.45, 2.75) is 19.4 Å². The molecule has 1 saturated heterocycles. The summed E-state index contributed by atoms with van der Waals surface area (Å²) in [5, 5.41) is 1.00. The molecule has 1 atom stereocenters. The van der Waals surface area contributed by atoms with E-state index in [-0.39, 0.29) is 24.4 Å². The van der Waals surface area contributed by atoms with Gasteiger partial charge in [-0.2, -0.15) is 0 Å². The highest BCUT2D eigenvalue weighted by atomic mass is 35.5. The van der Waals surface area contributed by atoms with Gasteiger partial charge in [0.25, 0.3) is 5.91 Å². The average molecular weight is 281 g/mol. The molecule has 102 valence electrons. The standard InChI is InChI=1S/C14H16N2O2.ClH/c1-9-11-4-2-3-5-12(11)18-13(9)14(17)16-7-6-10(15)8-16;/h2-5,10H,6-8,15H2,1H3;1H/t10-;/m1./s1. The lowest BCUT2D eigenvalue weighted by Crippen LogP contribution is -2.31. The number of halogens is 1. The van der Waals surface area contributed by atoms with Gasteiger partial charge in [0.15, 0.2) is 5.76 Å². The highest BCUT2D eigenvalue weighted by Crippen LogP contribution is 2.26. The molecule has 3 rings (SSSR count). The fraction of sp³-hybridized carbons (Fsp3) is 0.357. The highest BCUT2D eigenvalue weighted by molar-refractivity contribution is 5.99. The van der Waals surface area contributed by atoms with Crippen LogP contribution in [-0.2, 0) is 0 Å². The first kappa shape index (κ1) is 13.9. The predicted octanol–water partition coefficient (Wildman–Crippen LogP) is 2.34. The maximum Gasteiger partial charge on any atom is 0.289 e. The lowest BCUT2D eigenvalue weighted by Gasteiger charge is -2.14. The Labute approximate surface area is 118 Å². The van der Waals surface area contributed by atoms with Crippen LogP contribution >= 0.6 is 12.4 Å². The Balaban J connectivity index is 0.00000133. The van der Waals surface area contributed by atoms with Crippen LogP contribution in [0.4, 0.5) is 0 Å². The van der Waals surface area contributed by atoms with E-state index >= 15 is 0 Å². The van der Waals surface area contributed by atoms with Crippen LogP contribution in [0.15, 0.2) is 28.7 Å². The van der Waals surface area contributed by atoms with Gasteiger partial charge in [-0.15, -0.1) is 12.4 Å². The van der Waals surface area contributed by atoms with E-state index in [4.69, 9.17) is 10.2 Å². The number of fused-ring (bicyclic) bond motifs is 1. The summed E-state index contributed by atoms with van der Waals surface area (Å²) in [6.07, 6.45) is 0.866. The first-order valence-electron chi connectivity index (χ1n) is 6.20. The molecule has 1 aromatic heterocycles. The number of amides is 1. The van der Waals surface area contributed by atoms with Crippen LogP contribution in [0.5, 0.6) is 0 Å². The van der Waals surface area contributed by atoms with Crippen molar-refractivity contribution in [1.29, 1.82) is 0 Å². The van der Waals surface area contributed by atoms with Gasteiger partial charge in [-0.3, -0.25) is 4.79 Å². The lowest BCUT2D eigenvalue weighted by atomic mass is 10.1. The second-order valence-corrected chi connectivity index (χ2v) is 4.85. The Bertz CT molecular complexity index is 609. The normalized spacial score (nSPS) is 18.6. The molecule has 2 heterocycles. The van der Waals surface area contributed by atoms with Crippen molar-refractivity contribution >= 4 is 29.3 Å². The fourth-order valence-corrected chi connectivity index (χ4v) is 2.49. The van der Waals surface area contributed by atoms with E-state index in [1.807, 2.05) is 31.2 Å². The minimum absolute atomic E-state index is 0. The SMILES string of the molecule is Cc1c(C(=O)N2CC[C@@H](N)C2)oc2ccccc12.Cl. The van der Waals surface area contributed by atoms with E-state index in [2.05, 4.69) is 0 Å². The van der Waals surface area contributed by atoms with Crippen LogP contribution in [0.25, 0.3) is 11.0 Å². The lowest BCUT2D eigenvalue weighted by molar-refractivity contribution is 0.0760. The summed E-state index contributed by atoms with van der Waals surface area (Å²) in [5.41, 5.74) is 7.51. The number of carbonyl (C=O) groups excluding carboxylic acids is 1. The van der Waals surface area contributed by atoms with E-state index in [1.165, 1.54) is 0 Å². The fourth-order valence-electron chi connectivity index (χ4n) is 2.49. The van der Waals surface area contributed by atoms with E-state index in [1.54, 1.807) is 4.90 Å². The van der Waals surface area contributed by atoms with Gasteiger partial charge in [0.2, 0.25) is 0 Å². The summed E-state index contributed by atoms with van der Waals surface area (Å²) >= 11 is 0. The number of rotatable bonds is 1. The van der Waals surface area contributed by atoms with Crippen molar-refractivity contribution in [1.82, 2.24) is 4.90 Å². The van der Waals surface area contributed by atoms with Gasteiger partial charge >= 0.3 is 0 Å². The molecule has 2 aromatic rings. The number of nitrogens with two attached hydrogens (primary N) is 1. The van der Waals surface area contributed by atoms with Crippen LogP contribution in [-0.4, -0.2) is 29.9 Å². The minimum atomic E-state index is -0.0448. The quantitative estimate of drug-likeness (QED) is 0.872. The number of likely N-dealkylation sites (tertiary alicyclic amines) is 1. The van der Waals surface area contributed by atoms with E-state index in [0.29, 0.717) is 12.3 Å². The number of carbonyl (C=O) groups is 1. The molecule has 1 fully saturated rings. The zero-order valence-corrected chi connectivity index (χ0v) is 11.6. The third-order valence-corrected chi connectivity index (χ3v) is 3.55. The van der Waals surface area contributed by atoms with Crippen molar-refractivity contribution in [3.63, 3.8) is 0 Å². The second-order valence-electron chi connectivity index (χ2n) is 4.85. The van der Waals surface area contributed by atoms with Crippen molar-refractivity contribution in [2.75, 3.05) is 13.1 Å². The molecule has 0 saturated carbocycles. The molecule has 1 amide bonds. The molecule has 2 N–H and O–H groups in total. The van der Waals surface area contributed by atoms with Crippen LogP contribution in [0.2, 0.25) is 0 Å². The van der Waals surface area contributed by atoms with Gasteiger partial charge < -0.3 is 15.1 Å². The van der Waals surface area contributed by atoms with Gasteiger partial charge in [0.05, 0.1) is 0 Å². The molecule has 0 bridgehead atoms. The molecule has 0 radical (unpaired) electrons. The smallest absolute Gasteiger partial charge is 0.289 e. The number of para-hydroxylation sites is 1. The average Bonchev–Trinajstić information content (AvgIpc) is 2.94. The largest absolute Gasteiger partial charge is 0.451 e. The third-order valence-electron chi connectivity index (χ3n) is 3.55. The minimum Gasteiger partial charge on any atom is -0.451 e. The Morgan fingerprint density at radius 2 is 2.16 bits per heavy atom. The zero-order chi connectivity index (χ0) is 12.7. The molecule has 1 aromatic carbocycles. The Kier molecular flexibility index (Phi) is 3.83. The zero-order valence-electron chi connectivity index (χ0n) is 10.8. The van der Waals surface area contributed by atoms with Gasteiger partial charge in [-0.1, -0.05) is 18.2 Å². The second kappa shape index (κ2) is 5.23. The van der Waals surface area contributed by atoms with Crippen molar-refractivity contribution in [2.24, 2.45) is 5.73 Å². The van der Waals surface area contributed by atoms with Crippen LogP contribution in [0.1, 0.15) is 22.5 Å². The van der Waals surface area contributed by atoms with Gasteiger partial charge in [-0.05, 0) is 19.4 Å². The van der Waals surface area contributed by atoms with E-state index in [9.17, 15) is 4.79 Å². The van der Waals surface area contributed by atoms with Crippen LogP contribution in [0.3, 0.4) is 0 Å². The molecule has 0 aliphatic carbocycles. The summed E-state index contributed by atoms with van der Waals surface area (Å²) < 4.78 is 5.68. The molecule has 0 unspecified atom stereocenters. The number of furan rings is 1. The summed E-state index contributed by atoms with van der Waals surface area (Å²) in [5.74, 6) is 0.405. The predicted molar refractivity (Wildman–Crippen MR) is 76.7 cm³/mol.